The molecular formula is C23H29N5O4. The second-order valence-corrected chi connectivity index (χ2v) is 7.96. The summed E-state index contributed by atoms with van der Waals surface area (Å²) < 4.78 is 5.36. The zero-order valence-electron chi connectivity index (χ0n) is 18.4. The molecular weight excluding hydrogens is 410 g/mol. The van der Waals surface area contributed by atoms with Gasteiger partial charge in [-0.15, -0.1) is 0 Å². The van der Waals surface area contributed by atoms with Crippen LogP contribution in [-0.4, -0.2) is 54.3 Å². The van der Waals surface area contributed by atoms with Crippen LogP contribution in [-0.2, 0) is 26.3 Å². The van der Waals surface area contributed by atoms with E-state index in [4.69, 9.17) is 10.5 Å². The average molecular weight is 440 g/mol. The normalized spacial score (nSPS) is 18.6. The summed E-state index contributed by atoms with van der Waals surface area (Å²) in [5.41, 5.74) is 6.89. The molecule has 1 aliphatic heterocycles. The number of amides is 3. The third-order valence-corrected chi connectivity index (χ3v) is 5.64. The molecule has 1 aliphatic rings. The van der Waals surface area contributed by atoms with Gasteiger partial charge in [-0.1, -0.05) is 6.07 Å². The lowest BCUT2D eigenvalue weighted by Gasteiger charge is -2.40. The third kappa shape index (κ3) is 5.42. The second-order valence-electron chi connectivity index (χ2n) is 7.96. The van der Waals surface area contributed by atoms with Crippen LogP contribution >= 0.6 is 0 Å². The number of methoxy groups -OCH3 is 1. The van der Waals surface area contributed by atoms with E-state index in [0.29, 0.717) is 36.6 Å². The number of likely N-dealkylation sites (tertiary alicyclic amines) is 1. The van der Waals surface area contributed by atoms with Gasteiger partial charge in [0.1, 0.15) is 11.2 Å². The highest BCUT2D eigenvalue weighted by atomic mass is 16.5. The third-order valence-electron chi connectivity index (χ3n) is 5.64. The standard InChI is InChI=1S/C23H29N5O4/c1-16(29)27-18-7-8-19(32-2)17(12-18)13-26-21(30)14-28-11-5-9-23(15-28,22(24)31)20-6-3-4-10-25-20/h3-4,6-8,10,12H,5,9,11,13-15H2,1-2H3,(H2,24,31)(H,26,30)(H,27,29). The quantitative estimate of drug-likeness (QED) is 0.567. The van der Waals surface area contributed by atoms with E-state index in [2.05, 4.69) is 15.6 Å². The van der Waals surface area contributed by atoms with Crippen molar-refractivity contribution in [3.05, 3.63) is 53.9 Å². The van der Waals surface area contributed by atoms with Crippen molar-refractivity contribution in [2.75, 3.05) is 32.1 Å². The Kier molecular flexibility index (Phi) is 7.42. The van der Waals surface area contributed by atoms with E-state index in [-0.39, 0.29) is 24.9 Å². The van der Waals surface area contributed by atoms with E-state index in [1.54, 1.807) is 37.6 Å². The number of benzene rings is 1. The van der Waals surface area contributed by atoms with Crippen molar-refractivity contribution in [3.63, 3.8) is 0 Å². The molecule has 1 aromatic heterocycles. The number of hydrogen-bond donors (Lipinski definition) is 3. The van der Waals surface area contributed by atoms with Gasteiger partial charge in [0.25, 0.3) is 0 Å². The minimum atomic E-state index is -0.907. The minimum Gasteiger partial charge on any atom is -0.496 e. The van der Waals surface area contributed by atoms with Gasteiger partial charge in [-0.3, -0.25) is 24.3 Å². The molecule has 1 unspecified atom stereocenters. The number of nitrogens with zero attached hydrogens (tertiary/aromatic N) is 2. The average Bonchev–Trinajstić information content (AvgIpc) is 2.78. The Morgan fingerprint density at radius 3 is 2.72 bits per heavy atom. The predicted octanol–water partition coefficient (Wildman–Crippen LogP) is 1.18. The highest BCUT2D eigenvalue weighted by Crippen LogP contribution is 2.32. The Labute approximate surface area is 187 Å². The van der Waals surface area contributed by atoms with Crippen LogP contribution in [0.2, 0.25) is 0 Å². The molecule has 1 fully saturated rings. The molecule has 1 aromatic carbocycles. The largest absolute Gasteiger partial charge is 0.496 e. The topological polar surface area (TPSA) is 127 Å². The number of piperidine rings is 1. The van der Waals surface area contributed by atoms with E-state index >= 15 is 0 Å². The zero-order valence-corrected chi connectivity index (χ0v) is 18.4. The Hall–Kier alpha value is -3.46. The number of aromatic nitrogens is 1. The smallest absolute Gasteiger partial charge is 0.234 e. The fourth-order valence-electron chi connectivity index (χ4n) is 4.11. The molecule has 3 rings (SSSR count). The molecule has 0 aliphatic carbocycles. The van der Waals surface area contributed by atoms with Gasteiger partial charge in [0.05, 0.1) is 19.3 Å². The summed E-state index contributed by atoms with van der Waals surface area (Å²) in [6.07, 6.45) is 2.98. The van der Waals surface area contributed by atoms with Crippen molar-refractivity contribution in [2.45, 2.75) is 31.7 Å². The maximum absolute atomic E-state index is 12.7. The Morgan fingerprint density at radius 2 is 2.06 bits per heavy atom. The number of carbonyl (C=O) groups excluding carboxylic acids is 3. The number of primary amides is 1. The van der Waals surface area contributed by atoms with Gasteiger partial charge in [0, 0.05) is 37.5 Å². The summed E-state index contributed by atoms with van der Waals surface area (Å²) in [5, 5.41) is 5.61. The molecule has 170 valence electrons. The van der Waals surface area contributed by atoms with Gasteiger partial charge in [0.15, 0.2) is 0 Å². The van der Waals surface area contributed by atoms with Gasteiger partial charge < -0.3 is 21.1 Å². The molecule has 0 spiro atoms. The minimum absolute atomic E-state index is 0.134. The number of hydrogen-bond acceptors (Lipinski definition) is 6. The van der Waals surface area contributed by atoms with E-state index in [1.807, 2.05) is 17.0 Å². The summed E-state index contributed by atoms with van der Waals surface area (Å²) in [6, 6.07) is 10.7. The summed E-state index contributed by atoms with van der Waals surface area (Å²) in [6.45, 7) is 2.84. The lowest BCUT2D eigenvalue weighted by molar-refractivity contribution is -0.128. The number of rotatable bonds is 8. The molecule has 2 heterocycles. The summed E-state index contributed by atoms with van der Waals surface area (Å²) in [5.74, 6) is -0.180. The molecule has 0 bridgehead atoms. The predicted molar refractivity (Wildman–Crippen MR) is 120 cm³/mol. The lowest BCUT2D eigenvalue weighted by atomic mass is 9.76. The number of nitrogens with two attached hydrogens (primary N) is 1. The van der Waals surface area contributed by atoms with Gasteiger partial charge in [-0.05, 0) is 49.7 Å². The van der Waals surface area contributed by atoms with Crippen molar-refractivity contribution in [3.8, 4) is 5.75 Å². The number of anilines is 1. The lowest BCUT2D eigenvalue weighted by Crippen LogP contribution is -2.55. The maximum atomic E-state index is 12.7. The molecule has 2 aromatic rings. The molecule has 9 nitrogen and oxygen atoms in total. The van der Waals surface area contributed by atoms with E-state index in [1.165, 1.54) is 6.92 Å². The zero-order chi connectivity index (χ0) is 23.1. The summed E-state index contributed by atoms with van der Waals surface area (Å²) >= 11 is 0. The first-order valence-corrected chi connectivity index (χ1v) is 10.5. The molecule has 1 atom stereocenters. The van der Waals surface area contributed by atoms with Gasteiger partial charge in [-0.2, -0.15) is 0 Å². The summed E-state index contributed by atoms with van der Waals surface area (Å²) in [4.78, 5) is 42.7. The van der Waals surface area contributed by atoms with Crippen molar-refractivity contribution in [1.82, 2.24) is 15.2 Å². The van der Waals surface area contributed by atoms with Crippen molar-refractivity contribution >= 4 is 23.4 Å². The van der Waals surface area contributed by atoms with Crippen LogP contribution in [0, 0.1) is 0 Å². The van der Waals surface area contributed by atoms with Crippen LogP contribution in [0.25, 0.3) is 0 Å². The molecule has 9 heteroatoms. The highest BCUT2D eigenvalue weighted by Gasteiger charge is 2.43. The van der Waals surface area contributed by atoms with Crippen molar-refractivity contribution < 1.29 is 19.1 Å². The Balaban J connectivity index is 1.65. The first-order chi connectivity index (χ1) is 15.3. The highest BCUT2D eigenvalue weighted by molar-refractivity contribution is 5.89. The number of ether oxygens (including phenoxy) is 1. The number of pyridine rings is 1. The van der Waals surface area contributed by atoms with Crippen LogP contribution in [0.15, 0.2) is 42.6 Å². The van der Waals surface area contributed by atoms with E-state index in [9.17, 15) is 14.4 Å². The molecule has 1 saturated heterocycles. The molecule has 0 radical (unpaired) electrons. The SMILES string of the molecule is COc1ccc(NC(C)=O)cc1CNC(=O)CN1CCCC(C(N)=O)(c2ccccn2)C1. The fraction of sp³-hybridized carbons (Fsp3) is 0.391. The number of nitrogens with one attached hydrogen (secondary N) is 2. The van der Waals surface area contributed by atoms with Crippen LogP contribution in [0.3, 0.4) is 0 Å². The van der Waals surface area contributed by atoms with Gasteiger partial charge in [-0.25, -0.2) is 0 Å². The monoisotopic (exact) mass is 439 g/mol. The molecule has 32 heavy (non-hydrogen) atoms. The maximum Gasteiger partial charge on any atom is 0.234 e. The molecule has 4 N–H and O–H groups in total. The molecule has 0 saturated carbocycles. The van der Waals surface area contributed by atoms with Crippen LogP contribution in [0.4, 0.5) is 5.69 Å². The van der Waals surface area contributed by atoms with Crippen molar-refractivity contribution in [2.24, 2.45) is 5.73 Å². The van der Waals surface area contributed by atoms with E-state index in [0.717, 1.165) is 12.0 Å². The van der Waals surface area contributed by atoms with Crippen molar-refractivity contribution in [1.29, 1.82) is 0 Å². The second kappa shape index (κ2) is 10.2. The fourth-order valence-corrected chi connectivity index (χ4v) is 4.11. The van der Waals surface area contributed by atoms with Gasteiger partial charge in [0.2, 0.25) is 17.7 Å². The Morgan fingerprint density at radius 1 is 1.25 bits per heavy atom. The van der Waals surface area contributed by atoms with Crippen LogP contribution in [0.5, 0.6) is 5.75 Å². The first-order valence-electron chi connectivity index (χ1n) is 10.5. The molecule has 3 amide bonds. The van der Waals surface area contributed by atoms with Gasteiger partial charge >= 0.3 is 0 Å². The first kappa shape index (κ1) is 23.2. The summed E-state index contributed by atoms with van der Waals surface area (Å²) in [7, 11) is 1.55. The Bertz CT molecular complexity index is 982. The van der Waals surface area contributed by atoms with Crippen LogP contribution < -0.4 is 21.1 Å². The van der Waals surface area contributed by atoms with E-state index < -0.39 is 11.3 Å². The number of carbonyl (C=O) groups is 3. The van der Waals surface area contributed by atoms with Crippen LogP contribution in [0.1, 0.15) is 31.0 Å².